The molecule has 0 amide bonds. The minimum atomic E-state index is -5.11. The van der Waals surface area contributed by atoms with Crippen LogP contribution in [0.2, 0.25) is 0 Å². The molecule has 1 unspecified atom stereocenters. The zero-order valence-corrected chi connectivity index (χ0v) is 18.7. The molecule has 0 aliphatic carbocycles. The molecule has 33 heavy (non-hydrogen) atoms. The van der Waals surface area contributed by atoms with Crippen molar-refractivity contribution in [1.29, 1.82) is 0 Å². The molecule has 0 radical (unpaired) electrons. The first-order chi connectivity index (χ1) is 15.5. The number of aromatic nitrogens is 1. The van der Waals surface area contributed by atoms with E-state index in [0.29, 0.717) is 12.1 Å². The van der Waals surface area contributed by atoms with Crippen LogP contribution in [0.25, 0.3) is 11.3 Å². The molecule has 0 aliphatic heterocycles. The van der Waals surface area contributed by atoms with E-state index in [1.807, 2.05) is 57.3 Å². The molecule has 3 aromatic rings. The lowest BCUT2D eigenvalue weighted by Crippen LogP contribution is -2.28. The lowest BCUT2D eigenvalue weighted by atomic mass is 10.0. The Morgan fingerprint density at radius 3 is 2.42 bits per heavy atom. The predicted molar refractivity (Wildman–Crippen MR) is 116 cm³/mol. The molecular weight excluding hydrogens is 437 g/mol. The largest absolute Gasteiger partial charge is 0.491 e. The highest BCUT2D eigenvalue weighted by molar-refractivity contribution is 5.78. The number of halogens is 3. The summed E-state index contributed by atoms with van der Waals surface area (Å²) in [4.78, 5) is 13.1. The van der Waals surface area contributed by atoms with Crippen molar-refractivity contribution in [3.8, 4) is 23.0 Å². The van der Waals surface area contributed by atoms with Crippen molar-refractivity contribution in [2.24, 2.45) is 0 Å². The summed E-state index contributed by atoms with van der Waals surface area (Å²) in [5.41, 5.74) is 2.76. The van der Waals surface area contributed by atoms with E-state index in [2.05, 4.69) is 21.7 Å². The molecule has 1 heterocycles. The Morgan fingerprint density at radius 2 is 1.79 bits per heavy atom. The smallest absolute Gasteiger partial charge is 0.491 e. The average molecular weight is 462 g/mol. The minimum absolute atomic E-state index is 0.0896. The van der Waals surface area contributed by atoms with E-state index in [1.54, 1.807) is 12.1 Å². The second-order valence-corrected chi connectivity index (χ2v) is 7.94. The molecule has 0 saturated carbocycles. The Hall–Kier alpha value is -3.33. The first-order valence-corrected chi connectivity index (χ1v) is 10.3. The molecule has 0 spiro atoms. The third-order valence-corrected chi connectivity index (χ3v) is 4.96. The molecule has 0 aliphatic rings. The summed E-state index contributed by atoms with van der Waals surface area (Å²) in [7, 11) is 2.02. The highest BCUT2D eigenvalue weighted by Crippen LogP contribution is 2.28. The SMILES string of the molecule is CC(C)Oc1cccc(CN(C)C(C)c2ccc(-c3cc(OC(=O)C(F)(F)F)no3)cc2)c1. The van der Waals surface area contributed by atoms with Gasteiger partial charge in [0.1, 0.15) is 5.75 Å². The molecule has 1 aromatic heterocycles. The first-order valence-electron chi connectivity index (χ1n) is 10.3. The Bertz CT molecular complexity index is 1080. The van der Waals surface area contributed by atoms with Crippen LogP contribution in [-0.4, -0.2) is 35.4 Å². The minimum Gasteiger partial charge on any atom is -0.491 e. The summed E-state index contributed by atoms with van der Waals surface area (Å²) >= 11 is 0. The molecule has 9 heteroatoms. The molecule has 0 saturated heterocycles. The number of hydrogen-bond acceptors (Lipinski definition) is 6. The highest BCUT2D eigenvalue weighted by atomic mass is 19.4. The topological polar surface area (TPSA) is 64.8 Å². The van der Waals surface area contributed by atoms with Crippen molar-refractivity contribution in [1.82, 2.24) is 10.1 Å². The van der Waals surface area contributed by atoms with E-state index in [0.717, 1.165) is 22.9 Å². The maximum absolute atomic E-state index is 12.3. The maximum atomic E-state index is 12.3. The third-order valence-electron chi connectivity index (χ3n) is 4.96. The van der Waals surface area contributed by atoms with Gasteiger partial charge in [-0.3, -0.25) is 4.90 Å². The van der Waals surface area contributed by atoms with Gasteiger partial charge in [-0.15, -0.1) is 0 Å². The molecule has 6 nitrogen and oxygen atoms in total. The summed E-state index contributed by atoms with van der Waals surface area (Å²) in [5, 5.41) is 3.37. The van der Waals surface area contributed by atoms with E-state index >= 15 is 0 Å². The van der Waals surface area contributed by atoms with Crippen LogP contribution in [0.1, 0.15) is 37.9 Å². The molecule has 2 aromatic carbocycles. The monoisotopic (exact) mass is 462 g/mol. The number of nitrogens with zero attached hydrogens (tertiary/aromatic N) is 2. The first kappa shape index (κ1) is 24.3. The van der Waals surface area contributed by atoms with Gasteiger partial charge in [-0.2, -0.15) is 13.2 Å². The van der Waals surface area contributed by atoms with Gasteiger partial charge in [-0.05, 0) is 56.2 Å². The number of benzene rings is 2. The van der Waals surface area contributed by atoms with Crippen molar-refractivity contribution in [3.05, 3.63) is 65.7 Å². The molecule has 0 N–H and O–H groups in total. The van der Waals surface area contributed by atoms with Gasteiger partial charge in [-0.1, -0.05) is 36.4 Å². The van der Waals surface area contributed by atoms with Crippen LogP contribution in [0.3, 0.4) is 0 Å². The van der Waals surface area contributed by atoms with E-state index in [1.165, 1.54) is 0 Å². The highest BCUT2D eigenvalue weighted by Gasteiger charge is 2.42. The normalized spacial score (nSPS) is 12.8. The number of carbonyl (C=O) groups excluding carboxylic acids is 1. The lowest BCUT2D eigenvalue weighted by molar-refractivity contribution is -0.190. The van der Waals surface area contributed by atoms with Crippen LogP contribution >= 0.6 is 0 Å². The van der Waals surface area contributed by atoms with Crippen LogP contribution in [0.15, 0.2) is 59.1 Å². The summed E-state index contributed by atoms with van der Waals surface area (Å²) in [6.07, 6.45) is -5.00. The Morgan fingerprint density at radius 1 is 1.09 bits per heavy atom. The van der Waals surface area contributed by atoms with Gasteiger partial charge < -0.3 is 14.0 Å². The number of ether oxygens (including phenoxy) is 2. The van der Waals surface area contributed by atoms with Crippen molar-refractivity contribution in [2.45, 2.75) is 45.6 Å². The second-order valence-electron chi connectivity index (χ2n) is 7.94. The fourth-order valence-electron chi connectivity index (χ4n) is 3.19. The number of hydrogen-bond donors (Lipinski definition) is 0. The number of alkyl halides is 3. The summed E-state index contributed by atoms with van der Waals surface area (Å²) in [5.74, 6) is -1.88. The van der Waals surface area contributed by atoms with Gasteiger partial charge in [0.25, 0.3) is 5.88 Å². The lowest BCUT2D eigenvalue weighted by Gasteiger charge is -2.25. The van der Waals surface area contributed by atoms with E-state index < -0.39 is 18.0 Å². The predicted octanol–water partition coefficient (Wildman–Crippen LogP) is 5.79. The van der Waals surface area contributed by atoms with Crippen LogP contribution < -0.4 is 9.47 Å². The second kappa shape index (κ2) is 10.1. The van der Waals surface area contributed by atoms with Crippen molar-refractivity contribution in [3.63, 3.8) is 0 Å². The molecule has 3 rings (SSSR count). The quantitative estimate of drug-likeness (QED) is 0.395. The number of carbonyl (C=O) groups is 1. The number of esters is 1. The zero-order valence-electron chi connectivity index (χ0n) is 18.7. The van der Waals surface area contributed by atoms with Crippen LogP contribution in [0.4, 0.5) is 13.2 Å². The molecule has 1 atom stereocenters. The summed E-state index contributed by atoms with van der Waals surface area (Å²) in [6, 6.07) is 16.6. The fraction of sp³-hybridized carbons (Fsp3) is 0.333. The van der Waals surface area contributed by atoms with Gasteiger partial charge >= 0.3 is 12.1 Å². The van der Waals surface area contributed by atoms with Gasteiger partial charge in [0.15, 0.2) is 5.76 Å². The molecule has 176 valence electrons. The standard InChI is InChI=1S/C24H25F3N2O4/c1-15(2)31-20-7-5-6-17(12-20)14-29(4)16(3)18-8-10-19(11-9-18)21-13-22(28-33-21)32-23(30)24(25,26)27/h5-13,15-16H,14H2,1-4H3. The molecular formula is C24H25F3N2O4. The van der Waals surface area contributed by atoms with Gasteiger partial charge in [0.05, 0.1) is 12.2 Å². The maximum Gasteiger partial charge on any atom is 0.491 e. The third kappa shape index (κ3) is 6.58. The van der Waals surface area contributed by atoms with E-state index in [-0.39, 0.29) is 17.9 Å². The van der Waals surface area contributed by atoms with Gasteiger partial charge in [-0.25, -0.2) is 4.79 Å². The summed E-state index contributed by atoms with van der Waals surface area (Å²) in [6.45, 7) is 6.76. The molecule has 0 fully saturated rings. The molecule has 0 bridgehead atoms. The van der Waals surface area contributed by atoms with Crippen LogP contribution in [0.5, 0.6) is 11.6 Å². The Balaban J connectivity index is 1.64. The van der Waals surface area contributed by atoms with Crippen LogP contribution in [-0.2, 0) is 11.3 Å². The Labute approximate surface area is 189 Å². The van der Waals surface area contributed by atoms with Crippen molar-refractivity contribution in [2.75, 3.05) is 7.05 Å². The number of rotatable bonds is 8. The van der Waals surface area contributed by atoms with Crippen LogP contribution in [0, 0.1) is 0 Å². The van der Waals surface area contributed by atoms with E-state index in [4.69, 9.17) is 9.26 Å². The average Bonchev–Trinajstić information content (AvgIpc) is 3.21. The summed E-state index contributed by atoms with van der Waals surface area (Å²) < 4.78 is 51.9. The Kier molecular flexibility index (Phi) is 7.43. The zero-order chi connectivity index (χ0) is 24.2. The fourth-order valence-corrected chi connectivity index (χ4v) is 3.19. The van der Waals surface area contributed by atoms with Gasteiger partial charge in [0.2, 0.25) is 0 Å². The van der Waals surface area contributed by atoms with E-state index in [9.17, 15) is 18.0 Å². The van der Waals surface area contributed by atoms with Crippen molar-refractivity contribution < 1.29 is 32.0 Å². The van der Waals surface area contributed by atoms with Gasteiger partial charge in [0, 0.05) is 18.2 Å². The van der Waals surface area contributed by atoms with Crippen molar-refractivity contribution >= 4 is 5.97 Å².